The number of carbonyl (C=O) groups excluding carboxylic acids is 1. The van der Waals surface area contributed by atoms with Crippen molar-refractivity contribution >= 4 is 35.8 Å². The van der Waals surface area contributed by atoms with Crippen LogP contribution in [0.25, 0.3) is 0 Å². The van der Waals surface area contributed by atoms with Gasteiger partial charge >= 0.3 is 0 Å². The number of carbonyl (C=O) groups is 1. The lowest BCUT2D eigenvalue weighted by Gasteiger charge is -2.19. The summed E-state index contributed by atoms with van der Waals surface area (Å²) in [7, 11) is 3.49. The van der Waals surface area contributed by atoms with Gasteiger partial charge in [0, 0.05) is 39.9 Å². The Morgan fingerprint density at radius 1 is 1.16 bits per heavy atom. The quantitative estimate of drug-likeness (QED) is 0.188. The van der Waals surface area contributed by atoms with Crippen molar-refractivity contribution in [3.8, 4) is 0 Å². The van der Waals surface area contributed by atoms with Crippen molar-refractivity contribution in [1.82, 2.24) is 15.5 Å². The van der Waals surface area contributed by atoms with E-state index in [2.05, 4.69) is 29.5 Å². The first-order valence-corrected chi connectivity index (χ1v) is 9.33. The molecular weight excluding hydrogens is 431 g/mol. The zero-order chi connectivity index (χ0) is 18.2. The highest BCUT2D eigenvalue weighted by Gasteiger charge is 2.08. The highest BCUT2D eigenvalue weighted by Crippen LogP contribution is 2.05. The molecule has 25 heavy (non-hydrogen) atoms. The highest BCUT2D eigenvalue weighted by molar-refractivity contribution is 14.0. The fourth-order valence-corrected chi connectivity index (χ4v) is 2.15. The standard InChI is InChI=1S/C18H38N4O2.HI/c1-6-8-9-10-12-16(3)21-18(19-13-11-14-24-7-2)20-15-17(23)22(4)5;/h16H,6-15H2,1-5H3,(H2,19,20,21);1H. The zero-order valence-corrected chi connectivity index (χ0v) is 19.1. The maximum Gasteiger partial charge on any atom is 0.243 e. The predicted octanol–water partition coefficient (Wildman–Crippen LogP) is 3.01. The fourth-order valence-electron chi connectivity index (χ4n) is 2.15. The van der Waals surface area contributed by atoms with E-state index >= 15 is 0 Å². The molecule has 1 unspecified atom stereocenters. The van der Waals surface area contributed by atoms with Crippen LogP contribution in [-0.2, 0) is 9.53 Å². The number of aliphatic imine (C=N–C) groups is 1. The SMILES string of the molecule is CCCCCCC(C)NC(=NCC(=O)N(C)C)NCCCOCC.I. The van der Waals surface area contributed by atoms with Gasteiger partial charge in [-0.3, -0.25) is 4.79 Å². The van der Waals surface area contributed by atoms with E-state index in [1.54, 1.807) is 19.0 Å². The first-order valence-electron chi connectivity index (χ1n) is 9.33. The smallest absolute Gasteiger partial charge is 0.243 e. The van der Waals surface area contributed by atoms with Crippen molar-refractivity contribution < 1.29 is 9.53 Å². The summed E-state index contributed by atoms with van der Waals surface area (Å²) in [6, 6.07) is 0.342. The molecular formula is C18H39IN4O2. The van der Waals surface area contributed by atoms with E-state index in [1.807, 2.05) is 6.92 Å². The van der Waals surface area contributed by atoms with Crippen molar-refractivity contribution in [2.24, 2.45) is 4.99 Å². The Morgan fingerprint density at radius 2 is 1.88 bits per heavy atom. The minimum Gasteiger partial charge on any atom is -0.382 e. The molecule has 0 bridgehead atoms. The molecule has 0 aromatic carbocycles. The minimum absolute atomic E-state index is 0. The number of unbranched alkanes of at least 4 members (excludes halogenated alkanes) is 3. The number of guanidine groups is 1. The monoisotopic (exact) mass is 470 g/mol. The number of nitrogens with one attached hydrogen (secondary N) is 2. The summed E-state index contributed by atoms with van der Waals surface area (Å²) in [5.74, 6) is 0.714. The van der Waals surface area contributed by atoms with Crippen molar-refractivity contribution in [3.63, 3.8) is 0 Å². The van der Waals surface area contributed by atoms with Gasteiger partial charge in [-0.15, -0.1) is 24.0 Å². The van der Waals surface area contributed by atoms with Gasteiger partial charge in [-0.05, 0) is 26.7 Å². The number of ether oxygens (including phenoxy) is 1. The number of amides is 1. The topological polar surface area (TPSA) is 66.0 Å². The first-order chi connectivity index (χ1) is 11.5. The molecule has 1 amide bonds. The van der Waals surface area contributed by atoms with Crippen LogP contribution in [0.5, 0.6) is 0 Å². The number of rotatable bonds is 13. The van der Waals surface area contributed by atoms with Crippen molar-refractivity contribution in [2.45, 2.75) is 65.3 Å². The number of halogens is 1. The number of hydrogen-bond donors (Lipinski definition) is 2. The van der Waals surface area contributed by atoms with Crippen molar-refractivity contribution in [1.29, 1.82) is 0 Å². The maximum atomic E-state index is 11.7. The average Bonchev–Trinajstić information content (AvgIpc) is 2.55. The minimum atomic E-state index is 0. The van der Waals surface area contributed by atoms with Gasteiger partial charge in [0.25, 0.3) is 0 Å². The highest BCUT2D eigenvalue weighted by atomic mass is 127. The molecule has 0 saturated carbocycles. The van der Waals surface area contributed by atoms with Crippen molar-refractivity contribution in [2.75, 3.05) is 40.4 Å². The molecule has 150 valence electrons. The third-order valence-corrected chi connectivity index (χ3v) is 3.71. The third-order valence-electron chi connectivity index (χ3n) is 3.71. The largest absolute Gasteiger partial charge is 0.382 e. The van der Waals surface area contributed by atoms with Gasteiger partial charge < -0.3 is 20.3 Å². The Labute approximate surface area is 171 Å². The summed E-state index contributed by atoms with van der Waals surface area (Å²) in [5, 5.41) is 6.70. The van der Waals surface area contributed by atoms with E-state index in [1.165, 1.54) is 25.7 Å². The molecule has 0 aliphatic rings. The average molecular weight is 470 g/mol. The lowest BCUT2D eigenvalue weighted by Crippen LogP contribution is -2.43. The molecule has 0 aliphatic heterocycles. The van der Waals surface area contributed by atoms with Crippen LogP contribution >= 0.6 is 24.0 Å². The number of nitrogens with zero attached hydrogens (tertiary/aromatic N) is 2. The van der Waals surface area contributed by atoms with E-state index in [4.69, 9.17) is 4.74 Å². The molecule has 0 rings (SSSR count). The van der Waals surface area contributed by atoms with Crippen LogP contribution in [0.3, 0.4) is 0 Å². The van der Waals surface area contributed by atoms with Crippen LogP contribution in [0.1, 0.15) is 59.3 Å². The molecule has 0 radical (unpaired) electrons. The maximum absolute atomic E-state index is 11.7. The second-order valence-corrected chi connectivity index (χ2v) is 6.32. The van der Waals surface area contributed by atoms with Gasteiger partial charge in [-0.1, -0.05) is 32.6 Å². The van der Waals surface area contributed by atoms with Crippen LogP contribution in [0, 0.1) is 0 Å². The van der Waals surface area contributed by atoms with E-state index in [9.17, 15) is 4.79 Å². The Balaban J connectivity index is 0. The van der Waals surface area contributed by atoms with Crippen LogP contribution in [0.15, 0.2) is 4.99 Å². The predicted molar refractivity (Wildman–Crippen MR) is 117 cm³/mol. The van der Waals surface area contributed by atoms with Gasteiger partial charge in [-0.2, -0.15) is 0 Å². The van der Waals surface area contributed by atoms with Crippen LogP contribution in [-0.4, -0.2) is 63.2 Å². The van der Waals surface area contributed by atoms with E-state index < -0.39 is 0 Å². The fraction of sp³-hybridized carbons (Fsp3) is 0.889. The molecule has 0 spiro atoms. The van der Waals surface area contributed by atoms with Gasteiger partial charge in [0.05, 0.1) is 0 Å². The Bertz CT molecular complexity index is 352. The van der Waals surface area contributed by atoms with Gasteiger partial charge in [0.2, 0.25) is 5.91 Å². The number of likely N-dealkylation sites (N-methyl/N-ethyl adjacent to an activating group) is 1. The Kier molecular flexibility index (Phi) is 19.4. The summed E-state index contributed by atoms with van der Waals surface area (Å²) in [6.07, 6.45) is 7.07. The molecule has 0 aromatic heterocycles. The van der Waals surface area contributed by atoms with Crippen LogP contribution < -0.4 is 10.6 Å². The molecule has 0 saturated heterocycles. The van der Waals surface area contributed by atoms with Gasteiger partial charge in [0.1, 0.15) is 6.54 Å². The first kappa shape index (κ1) is 26.7. The summed E-state index contributed by atoms with van der Waals surface area (Å²) in [6.45, 7) is 8.80. The van der Waals surface area contributed by atoms with Crippen LogP contribution in [0.2, 0.25) is 0 Å². The normalized spacial score (nSPS) is 12.3. The van der Waals surface area contributed by atoms with Gasteiger partial charge in [-0.25, -0.2) is 4.99 Å². The molecule has 6 nitrogen and oxygen atoms in total. The molecule has 2 N–H and O–H groups in total. The summed E-state index contributed by atoms with van der Waals surface area (Å²) in [5.41, 5.74) is 0. The lowest BCUT2D eigenvalue weighted by atomic mass is 10.1. The molecule has 0 aliphatic carbocycles. The Morgan fingerprint density at radius 3 is 2.48 bits per heavy atom. The lowest BCUT2D eigenvalue weighted by molar-refractivity contribution is -0.127. The van der Waals surface area contributed by atoms with Crippen LogP contribution in [0.4, 0.5) is 0 Å². The molecule has 1 atom stereocenters. The zero-order valence-electron chi connectivity index (χ0n) is 16.8. The second-order valence-electron chi connectivity index (χ2n) is 6.32. The van der Waals surface area contributed by atoms with Crippen molar-refractivity contribution in [3.05, 3.63) is 0 Å². The van der Waals surface area contributed by atoms with Gasteiger partial charge in [0.15, 0.2) is 5.96 Å². The summed E-state index contributed by atoms with van der Waals surface area (Å²) >= 11 is 0. The van der Waals surface area contributed by atoms with E-state index in [0.29, 0.717) is 12.0 Å². The summed E-state index contributed by atoms with van der Waals surface area (Å²) < 4.78 is 5.34. The Hall–Kier alpha value is -0.570. The molecule has 7 heteroatoms. The van der Waals surface area contributed by atoms with E-state index in [-0.39, 0.29) is 36.4 Å². The third kappa shape index (κ3) is 16.6. The van der Waals surface area contributed by atoms with E-state index in [0.717, 1.165) is 32.6 Å². The molecule has 0 aromatic rings. The number of hydrogen-bond acceptors (Lipinski definition) is 3. The summed E-state index contributed by atoms with van der Waals surface area (Å²) in [4.78, 5) is 17.7. The molecule has 0 heterocycles. The second kappa shape index (κ2) is 18.2. The molecule has 0 fully saturated rings.